The lowest BCUT2D eigenvalue weighted by molar-refractivity contribution is 0.102. The summed E-state index contributed by atoms with van der Waals surface area (Å²) in [6.45, 7) is 4.10. The monoisotopic (exact) mass is 440 g/mol. The first-order valence-electron chi connectivity index (χ1n) is 8.52. The van der Waals surface area contributed by atoms with E-state index in [2.05, 4.69) is 26.3 Å². The number of halogens is 1. The second kappa shape index (κ2) is 7.25. The van der Waals surface area contributed by atoms with Gasteiger partial charge in [0.25, 0.3) is 5.91 Å². The molecule has 0 unspecified atom stereocenters. The Hall–Kier alpha value is -2.51. The number of para-hydroxylation sites is 1. The van der Waals surface area contributed by atoms with Gasteiger partial charge in [0.15, 0.2) is 5.65 Å². The van der Waals surface area contributed by atoms with Gasteiger partial charge in [0.2, 0.25) is 0 Å². The number of benzene rings is 1. The molecule has 4 rings (SSSR count). The molecule has 1 aromatic carbocycles. The van der Waals surface area contributed by atoms with Crippen molar-refractivity contribution in [1.29, 1.82) is 0 Å². The van der Waals surface area contributed by atoms with E-state index in [0.29, 0.717) is 11.2 Å². The summed E-state index contributed by atoms with van der Waals surface area (Å²) in [4.78, 5) is 18.9. The highest BCUT2D eigenvalue weighted by atomic mass is 79.9. The van der Waals surface area contributed by atoms with Crippen molar-refractivity contribution in [1.82, 2.24) is 14.8 Å². The second-order valence-electron chi connectivity index (χ2n) is 6.39. The fraction of sp³-hybridized carbons (Fsp3) is 0.150. The first-order valence-corrected chi connectivity index (χ1v) is 10.2. The van der Waals surface area contributed by atoms with Crippen LogP contribution in [0.3, 0.4) is 0 Å². The van der Waals surface area contributed by atoms with Gasteiger partial charge in [-0.05, 0) is 59.4 Å². The average molecular weight is 441 g/mol. The summed E-state index contributed by atoms with van der Waals surface area (Å²) in [7, 11) is 0. The highest BCUT2D eigenvalue weighted by Crippen LogP contribution is 2.30. The van der Waals surface area contributed by atoms with Gasteiger partial charge in [0.05, 0.1) is 33.4 Å². The molecule has 0 fully saturated rings. The number of nitrogens with one attached hydrogen (secondary N) is 1. The third kappa shape index (κ3) is 3.40. The van der Waals surface area contributed by atoms with Gasteiger partial charge in [-0.2, -0.15) is 5.10 Å². The number of anilines is 1. The van der Waals surface area contributed by atoms with Gasteiger partial charge >= 0.3 is 0 Å². The van der Waals surface area contributed by atoms with Crippen molar-refractivity contribution in [2.45, 2.75) is 19.9 Å². The van der Waals surface area contributed by atoms with Gasteiger partial charge in [0, 0.05) is 10.5 Å². The van der Waals surface area contributed by atoms with E-state index < -0.39 is 0 Å². The standard InChI is InChI=1S/C20H17BrN4OS/c1-12(2)25-19-14(11-22-25)13(10-17(23-19)18-8-5-9-27-18)20(26)24-16-7-4-3-6-15(16)21/h3-12H,1-2H3,(H,24,26). The topological polar surface area (TPSA) is 59.8 Å². The predicted molar refractivity (Wildman–Crippen MR) is 113 cm³/mol. The average Bonchev–Trinajstić information content (AvgIpc) is 3.32. The van der Waals surface area contributed by atoms with Gasteiger partial charge in [0.1, 0.15) is 0 Å². The summed E-state index contributed by atoms with van der Waals surface area (Å²) < 4.78 is 2.68. The highest BCUT2D eigenvalue weighted by Gasteiger charge is 2.19. The van der Waals surface area contributed by atoms with Crippen molar-refractivity contribution in [3.8, 4) is 10.6 Å². The summed E-state index contributed by atoms with van der Waals surface area (Å²) in [5, 5.41) is 10.2. The quantitative estimate of drug-likeness (QED) is 0.438. The summed E-state index contributed by atoms with van der Waals surface area (Å²) in [5.74, 6) is -0.185. The van der Waals surface area contributed by atoms with Crippen LogP contribution in [0.2, 0.25) is 0 Å². The minimum Gasteiger partial charge on any atom is -0.321 e. The van der Waals surface area contributed by atoms with Crippen molar-refractivity contribution >= 4 is 49.9 Å². The van der Waals surface area contributed by atoms with E-state index in [1.807, 2.05) is 66.4 Å². The number of aromatic nitrogens is 3. The Kier molecular flexibility index (Phi) is 4.80. The molecule has 7 heteroatoms. The Morgan fingerprint density at radius 2 is 2.04 bits per heavy atom. The summed E-state index contributed by atoms with van der Waals surface area (Å²) in [6.07, 6.45) is 1.72. The van der Waals surface area contributed by atoms with Crippen LogP contribution in [-0.2, 0) is 0 Å². The lowest BCUT2D eigenvalue weighted by Crippen LogP contribution is -2.13. The number of hydrogen-bond acceptors (Lipinski definition) is 4. The second-order valence-corrected chi connectivity index (χ2v) is 8.19. The number of fused-ring (bicyclic) bond motifs is 1. The van der Waals surface area contributed by atoms with Crippen molar-refractivity contribution in [2.75, 3.05) is 5.32 Å². The van der Waals surface area contributed by atoms with Crippen molar-refractivity contribution in [2.24, 2.45) is 0 Å². The van der Waals surface area contributed by atoms with Crippen LogP contribution in [0.1, 0.15) is 30.2 Å². The van der Waals surface area contributed by atoms with Crippen molar-refractivity contribution in [3.05, 3.63) is 64.1 Å². The maximum absolute atomic E-state index is 13.1. The van der Waals surface area contributed by atoms with Gasteiger partial charge in [-0.25, -0.2) is 9.67 Å². The molecular weight excluding hydrogens is 424 g/mol. The Morgan fingerprint density at radius 1 is 1.22 bits per heavy atom. The predicted octanol–water partition coefficient (Wildman–Crippen LogP) is 5.76. The van der Waals surface area contributed by atoms with Crippen LogP contribution in [0.25, 0.3) is 21.6 Å². The van der Waals surface area contributed by atoms with Gasteiger partial charge < -0.3 is 5.32 Å². The summed E-state index contributed by atoms with van der Waals surface area (Å²) in [6, 6.07) is 13.5. The number of pyridine rings is 1. The highest BCUT2D eigenvalue weighted by molar-refractivity contribution is 9.10. The number of hydrogen-bond donors (Lipinski definition) is 1. The van der Waals surface area contributed by atoms with E-state index in [-0.39, 0.29) is 11.9 Å². The molecule has 1 N–H and O–H groups in total. The van der Waals surface area contributed by atoms with Crippen LogP contribution in [0.4, 0.5) is 5.69 Å². The normalized spacial score (nSPS) is 11.3. The zero-order chi connectivity index (χ0) is 19.0. The minimum absolute atomic E-state index is 0.146. The molecule has 136 valence electrons. The maximum atomic E-state index is 13.1. The van der Waals surface area contributed by atoms with E-state index in [4.69, 9.17) is 4.98 Å². The molecule has 1 amide bonds. The van der Waals surface area contributed by atoms with Crippen LogP contribution < -0.4 is 5.32 Å². The van der Waals surface area contributed by atoms with E-state index in [9.17, 15) is 4.79 Å². The summed E-state index contributed by atoms with van der Waals surface area (Å²) >= 11 is 5.07. The first kappa shape index (κ1) is 17.9. The smallest absolute Gasteiger partial charge is 0.256 e. The molecule has 0 saturated heterocycles. The third-order valence-corrected chi connectivity index (χ3v) is 5.78. The SMILES string of the molecule is CC(C)n1ncc2c(C(=O)Nc3ccccc3Br)cc(-c3cccs3)nc21. The molecule has 5 nitrogen and oxygen atoms in total. The largest absolute Gasteiger partial charge is 0.321 e. The van der Waals surface area contributed by atoms with Gasteiger partial charge in [-0.1, -0.05) is 18.2 Å². The van der Waals surface area contributed by atoms with E-state index >= 15 is 0 Å². The van der Waals surface area contributed by atoms with Gasteiger partial charge in [-0.3, -0.25) is 4.79 Å². The number of carbonyl (C=O) groups excluding carboxylic acids is 1. The zero-order valence-electron chi connectivity index (χ0n) is 14.8. The number of amides is 1. The fourth-order valence-corrected chi connectivity index (χ4v) is 3.96. The molecule has 27 heavy (non-hydrogen) atoms. The molecule has 0 saturated carbocycles. The lowest BCUT2D eigenvalue weighted by atomic mass is 10.1. The third-order valence-electron chi connectivity index (χ3n) is 4.20. The molecule has 0 spiro atoms. The van der Waals surface area contributed by atoms with Crippen molar-refractivity contribution < 1.29 is 4.79 Å². The Balaban J connectivity index is 1.86. The Bertz CT molecular complexity index is 1120. The molecule has 0 aliphatic rings. The summed E-state index contributed by atoms with van der Waals surface area (Å²) in [5.41, 5.74) is 2.78. The molecule has 0 radical (unpaired) electrons. The molecule has 0 bridgehead atoms. The maximum Gasteiger partial charge on any atom is 0.256 e. The minimum atomic E-state index is -0.185. The fourth-order valence-electron chi connectivity index (χ4n) is 2.89. The number of thiophene rings is 1. The van der Waals surface area contributed by atoms with Crippen LogP contribution in [0.15, 0.2) is 58.5 Å². The molecule has 0 aliphatic carbocycles. The van der Waals surface area contributed by atoms with Crippen molar-refractivity contribution in [3.63, 3.8) is 0 Å². The van der Waals surface area contributed by atoms with Crippen LogP contribution in [0, 0.1) is 0 Å². The number of carbonyl (C=O) groups is 1. The molecule has 0 atom stereocenters. The molecule has 0 aliphatic heterocycles. The molecular formula is C20H17BrN4OS. The molecule has 4 aromatic rings. The number of rotatable bonds is 4. The first-order chi connectivity index (χ1) is 13.0. The van der Waals surface area contributed by atoms with Crippen LogP contribution >= 0.6 is 27.3 Å². The van der Waals surface area contributed by atoms with Crippen LogP contribution in [-0.4, -0.2) is 20.7 Å². The molecule has 3 aromatic heterocycles. The Morgan fingerprint density at radius 3 is 2.74 bits per heavy atom. The van der Waals surface area contributed by atoms with Crippen LogP contribution in [0.5, 0.6) is 0 Å². The number of nitrogens with zero attached hydrogens (tertiary/aromatic N) is 3. The van der Waals surface area contributed by atoms with Gasteiger partial charge in [-0.15, -0.1) is 11.3 Å². The Labute approximate surface area is 169 Å². The lowest BCUT2D eigenvalue weighted by Gasteiger charge is -2.11. The zero-order valence-corrected chi connectivity index (χ0v) is 17.2. The van der Waals surface area contributed by atoms with E-state index in [1.54, 1.807) is 17.5 Å². The van der Waals surface area contributed by atoms with E-state index in [1.165, 1.54) is 0 Å². The van der Waals surface area contributed by atoms with E-state index in [0.717, 1.165) is 26.1 Å². The molecule has 3 heterocycles.